The topological polar surface area (TPSA) is 89.4 Å². The van der Waals surface area contributed by atoms with Gasteiger partial charge in [0.1, 0.15) is 11.3 Å². The molecule has 1 aliphatic heterocycles. The Labute approximate surface area is 138 Å². The number of aryl methyl sites for hydroxylation is 1. The third-order valence-corrected chi connectivity index (χ3v) is 3.97. The fourth-order valence-corrected chi connectivity index (χ4v) is 2.39. The number of nitrogens with one attached hydrogen (secondary N) is 2. The van der Waals surface area contributed by atoms with Crippen molar-refractivity contribution >= 4 is 23.2 Å². The van der Waals surface area contributed by atoms with E-state index in [0.717, 1.165) is 5.69 Å². The summed E-state index contributed by atoms with van der Waals surface area (Å²) in [4.78, 5) is 36.2. The van der Waals surface area contributed by atoms with Gasteiger partial charge in [0, 0.05) is 18.4 Å². The molecule has 7 heteroatoms. The lowest BCUT2D eigenvalue weighted by Crippen LogP contribution is -2.34. The van der Waals surface area contributed by atoms with E-state index >= 15 is 0 Å². The van der Waals surface area contributed by atoms with E-state index in [1.807, 2.05) is 0 Å². The molecule has 2 heterocycles. The fraction of sp³-hybridized carbons (Fsp3) is 0.235. The molecule has 2 N–H and O–H groups in total. The smallest absolute Gasteiger partial charge is 0.265 e. The van der Waals surface area contributed by atoms with Crippen LogP contribution >= 0.6 is 0 Å². The number of anilines is 2. The monoisotopic (exact) mass is 327 g/mol. The van der Waals surface area contributed by atoms with Gasteiger partial charge in [-0.3, -0.25) is 14.4 Å². The van der Waals surface area contributed by atoms with Crippen molar-refractivity contribution in [3.63, 3.8) is 0 Å². The molecule has 0 bridgehead atoms. The van der Waals surface area contributed by atoms with Crippen LogP contribution in [0.1, 0.15) is 23.0 Å². The van der Waals surface area contributed by atoms with Crippen LogP contribution in [0.2, 0.25) is 0 Å². The molecule has 0 saturated carbocycles. The van der Waals surface area contributed by atoms with E-state index in [1.54, 1.807) is 45.2 Å². The predicted octanol–water partition coefficient (Wildman–Crippen LogP) is 1.67. The maximum absolute atomic E-state index is 12.3. The number of ether oxygens (including phenoxy) is 1. The second-order valence-electron chi connectivity index (χ2n) is 5.67. The minimum Gasteiger partial charge on any atom is -0.479 e. The van der Waals surface area contributed by atoms with E-state index in [-0.39, 0.29) is 17.0 Å². The molecule has 24 heavy (non-hydrogen) atoms. The summed E-state index contributed by atoms with van der Waals surface area (Å²) in [5, 5.41) is 5.37. The van der Waals surface area contributed by atoms with Crippen LogP contribution in [0.25, 0.3) is 0 Å². The summed E-state index contributed by atoms with van der Waals surface area (Å²) in [6, 6.07) is 8.11. The summed E-state index contributed by atoms with van der Waals surface area (Å²) in [5.74, 6) is -0.225. The van der Waals surface area contributed by atoms with Crippen molar-refractivity contribution in [3.8, 4) is 5.75 Å². The number of hydrogen-bond acceptors (Lipinski definition) is 4. The predicted molar refractivity (Wildman–Crippen MR) is 89.5 cm³/mol. The molecule has 0 aliphatic carbocycles. The first-order chi connectivity index (χ1) is 11.4. The zero-order chi connectivity index (χ0) is 17.4. The average Bonchev–Trinajstić information content (AvgIpc) is 2.54. The van der Waals surface area contributed by atoms with Crippen molar-refractivity contribution in [1.29, 1.82) is 0 Å². The highest BCUT2D eigenvalue weighted by molar-refractivity contribution is 6.05. The van der Waals surface area contributed by atoms with Gasteiger partial charge in [0.05, 0.1) is 5.69 Å². The SMILES string of the molecule is Cc1ccc(C(=O)Nc2ccc3c(c2)NC(=O)C(C)O3)c(=O)n1C. The number of benzene rings is 1. The molecular formula is C17H17N3O4. The number of pyridine rings is 1. The quantitative estimate of drug-likeness (QED) is 0.878. The van der Waals surface area contributed by atoms with E-state index < -0.39 is 12.0 Å². The lowest BCUT2D eigenvalue weighted by atomic mass is 10.2. The molecule has 7 nitrogen and oxygen atoms in total. The van der Waals surface area contributed by atoms with Crippen LogP contribution in [0.4, 0.5) is 11.4 Å². The van der Waals surface area contributed by atoms with E-state index in [9.17, 15) is 14.4 Å². The molecule has 0 radical (unpaired) electrons. The van der Waals surface area contributed by atoms with Gasteiger partial charge in [0.2, 0.25) is 0 Å². The van der Waals surface area contributed by atoms with Crippen molar-refractivity contribution in [2.45, 2.75) is 20.0 Å². The largest absolute Gasteiger partial charge is 0.479 e. The molecule has 0 fully saturated rings. The van der Waals surface area contributed by atoms with E-state index in [2.05, 4.69) is 10.6 Å². The normalized spacial score (nSPS) is 16.0. The van der Waals surface area contributed by atoms with Crippen LogP contribution in [-0.4, -0.2) is 22.5 Å². The lowest BCUT2D eigenvalue weighted by Gasteiger charge is -2.23. The first-order valence-corrected chi connectivity index (χ1v) is 7.46. The second kappa shape index (κ2) is 5.84. The van der Waals surface area contributed by atoms with Gasteiger partial charge in [-0.05, 0) is 44.2 Å². The number of carbonyl (C=O) groups is 2. The van der Waals surface area contributed by atoms with Crippen molar-refractivity contribution in [3.05, 3.63) is 51.9 Å². The Kier molecular flexibility index (Phi) is 3.84. The molecule has 1 unspecified atom stereocenters. The first kappa shape index (κ1) is 15.8. The van der Waals surface area contributed by atoms with Gasteiger partial charge >= 0.3 is 0 Å². The number of amides is 2. The highest BCUT2D eigenvalue weighted by atomic mass is 16.5. The summed E-state index contributed by atoms with van der Waals surface area (Å²) in [6.07, 6.45) is -0.562. The Morgan fingerprint density at radius 3 is 2.75 bits per heavy atom. The minimum atomic E-state index is -0.562. The number of fused-ring (bicyclic) bond motifs is 1. The van der Waals surface area contributed by atoms with Gasteiger partial charge in [0.25, 0.3) is 17.4 Å². The zero-order valence-electron chi connectivity index (χ0n) is 13.5. The van der Waals surface area contributed by atoms with Crippen molar-refractivity contribution in [2.24, 2.45) is 7.05 Å². The Hall–Kier alpha value is -3.09. The molecular weight excluding hydrogens is 310 g/mol. The molecule has 2 amide bonds. The number of rotatable bonds is 2. The van der Waals surface area contributed by atoms with Crippen molar-refractivity contribution in [1.82, 2.24) is 4.57 Å². The van der Waals surface area contributed by atoms with Crippen LogP contribution in [0.15, 0.2) is 35.1 Å². The molecule has 1 aliphatic rings. The van der Waals surface area contributed by atoms with Crippen LogP contribution in [-0.2, 0) is 11.8 Å². The summed E-state index contributed by atoms with van der Waals surface area (Å²) in [6.45, 7) is 3.44. The summed E-state index contributed by atoms with van der Waals surface area (Å²) < 4.78 is 6.87. The van der Waals surface area contributed by atoms with E-state index in [1.165, 1.54) is 10.6 Å². The Balaban J connectivity index is 1.86. The molecule has 0 saturated heterocycles. The van der Waals surface area contributed by atoms with Gasteiger partial charge in [-0.25, -0.2) is 0 Å². The standard InChI is InChI=1S/C17H17N3O4/c1-9-4-6-12(17(23)20(9)3)16(22)18-11-5-7-14-13(8-11)19-15(21)10(2)24-14/h4-8,10H,1-3H3,(H,18,22)(H,19,21). The number of carbonyl (C=O) groups excluding carboxylic acids is 2. The van der Waals surface area contributed by atoms with Crippen LogP contribution in [0, 0.1) is 6.92 Å². The highest BCUT2D eigenvalue weighted by Gasteiger charge is 2.24. The summed E-state index contributed by atoms with van der Waals surface area (Å²) in [5.41, 5.74) is 1.39. The molecule has 0 spiro atoms. The maximum Gasteiger partial charge on any atom is 0.265 e. The van der Waals surface area contributed by atoms with Crippen LogP contribution < -0.4 is 20.9 Å². The van der Waals surface area contributed by atoms with Crippen LogP contribution in [0.3, 0.4) is 0 Å². The lowest BCUT2D eigenvalue weighted by molar-refractivity contribution is -0.122. The van der Waals surface area contributed by atoms with Crippen molar-refractivity contribution in [2.75, 3.05) is 10.6 Å². The van der Waals surface area contributed by atoms with Gasteiger partial charge in [-0.15, -0.1) is 0 Å². The summed E-state index contributed by atoms with van der Waals surface area (Å²) in [7, 11) is 1.61. The Bertz CT molecular complexity index is 901. The van der Waals surface area contributed by atoms with E-state index in [4.69, 9.17) is 4.74 Å². The second-order valence-corrected chi connectivity index (χ2v) is 5.67. The molecule has 1 aromatic heterocycles. The molecule has 1 aromatic carbocycles. The summed E-state index contributed by atoms with van der Waals surface area (Å²) >= 11 is 0. The third kappa shape index (κ3) is 2.76. The molecule has 1 atom stereocenters. The van der Waals surface area contributed by atoms with Gasteiger partial charge in [0.15, 0.2) is 6.10 Å². The van der Waals surface area contributed by atoms with Gasteiger partial charge in [-0.2, -0.15) is 0 Å². The van der Waals surface area contributed by atoms with Crippen LogP contribution in [0.5, 0.6) is 5.75 Å². The first-order valence-electron chi connectivity index (χ1n) is 7.46. The zero-order valence-corrected chi connectivity index (χ0v) is 13.5. The average molecular weight is 327 g/mol. The number of hydrogen-bond donors (Lipinski definition) is 2. The number of nitrogens with zero attached hydrogens (tertiary/aromatic N) is 1. The fourth-order valence-electron chi connectivity index (χ4n) is 2.39. The van der Waals surface area contributed by atoms with Gasteiger partial charge in [-0.1, -0.05) is 0 Å². The molecule has 3 rings (SSSR count). The van der Waals surface area contributed by atoms with Crippen molar-refractivity contribution < 1.29 is 14.3 Å². The van der Waals surface area contributed by atoms with Gasteiger partial charge < -0.3 is 19.9 Å². The third-order valence-electron chi connectivity index (χ3n) is 3.97. The number of aromatic nitrogens is 1. The Morgan fingerprint density at radius 1 is 1.25 bits per heavy atom. The van der Waals surface area contributed by atoms with E-state index in [0.29, 0.717) is 17.1 Å². The minimum absolute atomic E-state index is 0.0507. The Morgan fingerprint density at radius 2 is 2.00 bits per heavy atom. The maximum atomic E-state index is 12.3. The highest BCUT2D eigenvalue weighted by Crippen LogP contribution is 2.32. The molecule has 124 valence electrons. The molecule has 2 aromatic rings.